The average Bonchev–Trinajstić information content (AvgIpc) is 2.99. The molecule has 6 nitrogen and oxygen atoms in total. The minimum Gasteiger partial charge on any atom is -0.491 e. The van der Waals surface area contributed by atoms with Crippen molar-refractivity contribution in [3.63, 3.8) is 0 Å². The van der Waals surface area contributed by atoms with Gasteiger partial charge in [0.1, 0.15) is 5.75 Å². The van der Waals surface area contributed by atoms with Gasteiger partial charge in [-0.15, -0.1) is 0 Å². The lowest BCUT2D eigenvalue weighted by molar-refractivity contribution is -0.384. The van der Waals surface area contributed by atoms with E-state index < -0.39 is 5.06 Å². The number of thioether (sulfide) groups is 2. The second-order valence-electron chi connectivity index (χ2n) is 6.67. The lowest BCUT2D eigenvalue weighted by Gasteiger charge is -2.40. The van der Waals surface area contributed by atoms with Gasteiger partial charge in [-0.05, 0) is 42.6 Å². The molecular formula is C21H22N2O4S2. The molecule has 0 aromatic heterocycles. The smallest absolute Gasteiger partial charge is 0.294 e. The lowest BCUT2D eigenvalue weighted by Crippen LogP contribution is -2.49. The molecule has 0 saturated heterocycles. The van der Waals surface area contributed by atoms with Crippen molar-refractivity contribution in [3.05, 3.63) is 63.4 Å². The Labute approximate surface area is 178 Å². The van der Waals surface area contributed by atoms with E-state index in [-0.39, 0.29) is 10.6 Å². The van der Waals surface area contributed by atoms with E-state index in [0.717, 1.165) is 21.9 Å². The predicted octanol–water partition coefficient (Wildman–Crippen LogP) is 5.51. The molecule has 2 heterocycles. The van der Waals surface area contributed by atoms with Crippen LogP contribution in [0, 0.1) is 10.1 Å². The summed E-state index contributed by atoms with van der Waals surface area (Å²) in [5.41, 5.74) is 2.65. The Morgan fingerprint density at radius 3 is 2.79 bits per heavy atom. The van der Waals surface area contributed by atoms with Crippen molar-refractivity contribution >= 4 is 41.0 Å². The number of hydrogen-bond acceptors (Lipinski definition) is 7. The molecule has 152 valence electrons. The molecule has 8 heteroatoms. The number of nitro benzene ring substituents is 1. The molecule has 1 spiro atoms. The van der Waals surface area contributed by atoms with E-state index in [4.69, 9.17) is 9.47 Å². The van der Waals surface area contributed by atoms with E-state index in [0.29, 0.717) is 29.4 Å². The number of nitrogens with zero attached hydrogens (tertiary/aromatic N) is 2. The zero-order valence-electron chi connectivity index (χ0n) is 16.5. The summed E-state index contributed by atoms with van der Waals surface area (Å²) in [6, 6.07) is 11.3. The number of fused-ring (bicyclic) bond motifs is 2. The monoisotopic (exact) mass is 430 g/mol. The maximum atomic E-state index is 11.5. The summed E-state index contributed by atoms with van der Waals surface area (Å²) in [6.07, 6.45) is 1.89. The first-order chi connectivity index (χ1) is 14.0. The third kappa shape index (κ3) is 3.34. The largest absolute Gasteiger partial charge is 0.491 e. The van der Waals surface area contributed by atoms with Gasteiger partial charge in [0.25, 0.3) is 10.7 Å². The minimum absolute atomic E-state index is 0.0674. The van der Waals surface area contributed by atoms with Crippen LogP contribution in [0.5, 0.6) is 5.75 Å². The molecule has 2 aromatic rings. The molecule has 0 aliphatic carbocycles. The van der Waals surface area contributed by atoms with Crippen molar-refractivity contribution in [1.82, 2.24) is 0 Å². The highest BCUT2D eigenvalue weighted by molar-refractivity contribution is 8.01. The van der Waals surface area contributed by atoms with Gasteiger partial charge in [0, 0.05) is 41.0 Å². The molecule has 2 aromatic carbocycles. The van der Waals surface area contributed by atoms with Gasteiger partial charge in [0.2, 0.25) is 0 Å². The third-order valence-corrected chi connectivity index (χ3v) is 7.23. The van der Waals surface area contributed by atoms with Crippen molar-refractivity contribution in [2.75, 3.05) is 24.3 Å². The van der Waals surface area contributed by atoms with Gasteiger partial charge in [-0.3, -0.25) is 10.1 Å². The Kier molecular flexibility index (Phi) is 5.40. The molecule has 2 aliphatic rings. The first kappa shape index (κ1) is 20.0. The molecule has 0 saturated carbocycles. The molecule has 0 radical (unpaired) electrons. The average molecular weight is 431 g/mol. The molecule has 1 unspecified atom stereocenters. The fourth-order valence-electron chi connectivity index (χ4n) is 3.56. The summed E-state index contributed by atoms with van der Waals surface area (Å²) in [5.74, 6) is 2.90. The van der Waals surface area contributed by atoms with Gasteiger partial charge in [0.05, 0.1) is 17.2 Å². The highest BCUT2D eigenvalue weighted by Crippen LogP contribution is 2.56. The number of benzene rings is 2. The number of likely N-dealkylation sites (N-methyl/N-ethyl adjacent to an activating group) is 1. The van der Waals surface area contributed by atoms with Crippen LogP contribution in [-0.2, 0) is 10.5 Å². The number of nitro groups is 1. The van der Waals surface area contributed by atoms with E-state index in [1.54, 1.807) is 35.7 Å². The van der Waals surface area contributed by atoms with Crippen LogP contribution in [0.25, 0.3) is 6.08 Å². The van der Waals surface area contributed by atoms with Crippen LogP contribution in [0.15, 0.2) is 47.1 Å². The number of non-ortho nitro benzene ring substituents is 1. The number of ether oxygens (including phenoxy) is 2. The van der Waals surface area contributed by atoms with E-state index in [1.807, 2.05) is 32.2 Å². The van der Waals surface area contributed by atoms with E-state index >= 15 is 0 Å². The van der Waals surface area contributed by atoms with Crippen LogP contribution in [-0.4, -0.2) is 29.4 Å². The topological polar surface area (TPSA) is 64.8 Å². The van der Waals surface area contributed by atoms with Gasteiger partial charge in [-0.2, -0.15) is 11.8 Å². The second-order valence-corrected chi connectivity index (χ2v) is 9.14. The van der Waals surface area contributed by atoms with Crippen molar-refractivity contribution in [1.29, 1.82) is 0 Å². The highest BCUT2D eigenvalue weighted by Gasteiger charge is 2.52. The summed E-state index contributed by atoms with van der Waals surface area (Å²) in [4.78, 5) is 14.3. The van der Waals surface area contributed by atoms with Crippen LogP contribution in [0.4, 0.5) is 11.4 Å². The molecule has 0 amide bonds. The highest BCUT2D eigenvalue weighted by atomic mass is 32.2. The van der Waals surface area contributed by atoms with E-state index in [1.165, 1.54) is 0 Å². The molecule has 1 atom stereocenters. The zero-order chi connectivity index (χ0) is 20.6. The molecule has 4 rings (SSSR count). The molecular weight excluding hydrogens is 408 g/mol. The molecule has 29 heavy (non-hydrogen) atoms. The normalized spacial score (nSPS) is 19.4. The Bertz CT molecular complexity index is 995. The summed E-state index contributed by atoms with van der Waals surface area (Å²) < 4.78 is 12.7. The number of hydrogen-bond donors (Lipinski definition) is 0. The van der Waals surface area contributed by atoms with Crippen molar-refractivity contribution < 1.29 is 14.4 Å². The minimum atomic E-state index is -0.867. The molecule has 0 fully saturated rings. The van der Waals surface area contributed by atoms with E-state index in [2.05, 4.69) is 24.0 Å². The number of rotatable bonds is 6. The van der Waals surface area contributed by atoms with Gasteiger partial charge in [-0.25, -0.2) is 0 Å². The first-order valence-electron chi connectivity index (χ1n) is 9.45. The summed E-state index contributed by atoms with van der Waals surface area (Å²) in [7, 11) is 1.99. The molecule has 0 bridgehead atoms. The van der Waals surface area contributed by atoms with Crippen LogP contribution in [0.2, 0.25) is 0 Å². The Hall–Kier alpha value is -2.32. The van der Waals surface area contributed by atoms with Crippen molar-refractivity contribution in [2.45, 2.75) is 29.6 Å². The standard InChI is InChI=1S/C21H22N2O4S2/c1-4-26-19-12-14-10-16(23(24)25)11-15(13-28-5-2)20(14)27-21(19)22(3)17-8-6-7-9-18(17)29-21/h6-12H,4-5,13H2,1-3H3. The Balaban J connectivity index is 1.86. The Morgan fingerprint density at radius 2 is 2.10 bits per heavy atom. The predicted molar refractivity (Wildman–Crippen MR) is 119 cm³/mol. The van der Waals surface area contributed by atoms with Crippen LogP contribution in [0.3, 0.4) is 0 Å². The lowest BCUT2D eigenvalue weighted by atomic mass is 10.0. The SMILES string of the molecule is CCOC1=Cc2cc([N+](=O)[O-])cc(CSCC)c2OC12Sc1ccccc1N2C. The van der Waals surface area contributed by atoms with Gasteiger partial charge in [-0.1, -0.05) is 19.1 Å². The van der Waals surface area contributed by atoms with Crippen LogP contribution < -0.4 is 9.64 Å². The summed E-state index contributed by atoms with van der Waals surface area (Å²) in [5, 5.41) is 10.6. The maximum Gasteiger partial charge on any atom is 0.294 e. The third-order valence-electron chi connectivity index (χ3n) is 4.91. The zero-order valence-corrected chi connectivity index (χ0v) is 18.1. The van der Waals surface area contributed by atoms with E-state index in [9.17, 15) is 10.1 Å². The van der Waals surface area contributed by atoms with Crippen molar-refractivity contribution in [3.8, 4) is 5.75 Å². The summed E-state index contributed by atoms with van der Waals surface area (Å²) >= 11 is 3.30. The quantitative estimate of drug-likeness (QED) is 0.442. The Morgan fingerprint density at radius 1 is 1.31 bits per heavy atom. The van der Waals surface area contributed by atoms with Gasteiger partial charge >= 0.3 is 0 Å². The summed E-state index contributed by atoms with van der Waals surface area (Å²) in [6.45, 7) is 4.47. The number of para-hydroxylation sites is 1. The van der Waals surface area contributed by atoms with Gasteiger partial charge in [0.15, 0.2) is 5.76 Å². The van der Waals surface area contributed by atoms with Gasteiger partial charge < -0.3 is 14.4 Å². The van der Waals surface area contributed by atoms with Crippen LogP contribution in [0.1, 0.15) is 25.0 Å². The molecule has 0 N–H and O–H groups in total. The number of anilines is 1. The molecule has 2 aliphatic heterocycles. The maximum absolute atomic E-state index is 11.5. The fourth-order valence-corrected chi connectivity index (χ4v) is 5.53. The second kappa shape index (κ2) is 7.84. The fraction of sp³-hybridized carbons (Fsp3) is 0.333. The van der Waals surface area contributed by atoms with Crippen LogP contribution >= 0.6 is 23.5 Å². The van der Waals surface area contributed by atoms with Crippen molar-refractivity contribution in [2.24, 2.45) is 0 Å². The first-order valence-corrected chi connectivity index (χ1v) is 11.4.